The monoisotopic (exact) mass is 564 g/mol. The van der Waals surface area contributed by atoms with Gasteiger partial charge in [0.2, 0.25) is 11.8 Å². The zero-order valence-electron chi connectivity index (χ0n) is 24.8. The number of hydrogen-bond acceptors (Lipinski definition) is 6. The summed E-state index contributed by atoms with van der Waals surface area (Å²) in [6.45, 7) is 11.5. The van der Waals surface area contributed by atoms with E-state index in [1.54, 1.807) is 9.80 Å². The first-order chi connectivity index (χ1) is 19.8. The van der Waals surface area contributed by atoms with Crippen molar-refractivity contribution in [2.75, 3.05) is 55.7 Å². The Kier molecular flexibility index (Phi) is 8.30. The van der Waals surface area contributed by atoms with Gasteiger partial charge in [-0.2, -0.15) is 0 Å². The maximum Gasteiger partial charge on any atom is 0.253 e. The van der Waals surface area contributed by atoms with E-state index in [1.807, 2.05) is 67.3 Å². The first-order valence-electron chi connectivity index (χ1n) is 15.2. The minimum Gasteiger partial charge on any atom is -0.396 e. The minimum absolute atomic E-state index is 0.0920. The van der Waals surface area contributed by atoms with Crippen LogP contribution in [0.1, 0.15) is 47.0 Å². The van der Waals surface area contributed by atoms with Gasteiger partial charge in [-0.1, -0.05) is 38.2 Å². The molecule has 0 radical (unpaired) electrons. The summed E-state index contributed by atoms with van der Waals surface area (Å²) in [5, 5.41) is 9.66. The third-order valence-corrected chi connectivity index (χ3v) is 9.36. The van der Waals surface area contributed by atoms with E-state index < -0.39 is 29.1 Å². The van der Waals surface area contributed by atoms with E-state index >= 15 is 0 Å². The number of amides is 3. The van der Waals surface area contributed by atoms with Crippen LogP contribution in [0.5, 0.6) is 0 Å². The SMILES string of the molecule is CCCN1CC=C[C@]2(CC)O[C@]34C=CCN(c5ccc(N(CC)CC)cc5)C(=O)C3N(CCCO)C(=O)[C@@H]4[C@@H]2C1=O. The van der Waals surface area contributed by atoms with Gasteiger partial charge in [0.15, 0.2) is 0 Å². The van der Waals surface area contributed by atoms with E-state index in [0.29, 0.717) is 32.5 Å². The summed E-state index contributed by atoms with van der Waals surface area (Å²) in [5.41, 5.74) is -0.435. The van der Waals surface area contributed by atoms with Crippen molar-refractivity contribution in [1.82, 2.24) is 9.80 Å². The van der Waals surface area contributed by atoms with Gasteiger partial charge in [-0.15, -0.1) is 0 Å². The number of hydrogen-bond donors (Lipinski definition) is 1. The standard InChI is InChI=1S/C32H44N4O5/c1-5-18-34-19-9-16-31(6-2)25(28(34)38)26-29(39)36(21-11-22-37)27-30(40)35(20-10-17-32(26,27)41-31)24-14-12-23(13-15-24)33(7-3)8-4/h9-10,12-17,25-27,37H,5-8,11,18-22H2,1-4H3/t25-,26+,27?,31+,32+/m1/s1. The predicted octanol–water partition coefficient (Wildman–Crippen LogP) is 2.99. The Labute approximate surface area is 243 Å². The number of carbonyl (C=O) groups excluding carboxylic acids is 3. The predicted molar refractivity (Wildman–Crippen MR) is 159 cm³/mol. The molecular weight excluding hydrogens is 520 g/mol. The first-order valence-corrected chi connectivity index (χ1v) is 15.2. The van der Waals surface area contributed by atoms with Crippen LogP contribution in [0.4, 0.5) is 11.4 Å². The third-order valence-electron chi connectivity index (χ3n) is 9.36. The van der Waals surface area contributed by atoms with Gasteiger partial charge >= 0.3 is 0 Å². The van der Waals surface area contributed by atoms with Gasteiger partial charge < -0.3 is 29.4 Å². The summed E-state index contributed by atoms with van der Waals surface area (Å²) in [4.78, 5) is 50.3. The van der Waals surface area contributed by atoms with E-state index in [9.17, 15) is 19.5 Å². The normalized spacial score (nSPS) is 30.8. The van der Waals surface area contributed by atoms with Crippen molar-refractivity contribution < 1.29 is 24.2 Å². The van der Waals surface area contributed by atoms with Crippen LogP contribution in [0.3, 0.4) is 0 Å². The molecule has 41 heavy (non-hydrogen) atoms. The van der Waals surface area contributed by atoms with Crippen molar-refractivity contribution in [1.29, 1.82) is 0 Å². The third kappa shape index (κ3) is 4.57. The van der Waals surface area contributed by atoms with Crippen LogP contribution < -0.4 is 9.80 Å². The molecule has 9 heteroatoms. The fraction of sp³-hybridized carbons (Fsp3) is 0.594. The molecule has 4 heterocycles. The number of rotatable bonds is 10. The first kappa shape index (κ1) is 29.3. The van der Waals surface area contributed by atoms with Crippen LogP contribution in [-0.4, -0.2) is 95.7 Å². The number of anilines is 2. The molecule has 0 aliphatic carbocycles. The van der Waals surface area contributed by atoms with Crippen LogP contribution in [0.25, 0.3) is 0 Å². The Morgan fingerprint density at radius 3 is 2.24 bits per heavy atom. The van der Waals surface area contributed by atoms with Crippen molar-refractivity contribution in [3.05, 3.63) is 48.6 Å². The molecule has 0 saturated carbocycles. The van der Waals surface area contributed by atoms with Gasteiger partial charge in [0, 0.05) is 57.3 Å². The summed E-state index contributed by atoms with van der Waals surface area (Å²) in [5.74, 6) is -2.13. The molecule has 9 nitrogen and oxygen atoms in total. The lowest BCUT2D eigenvalue weighted by Gasteiger charge is -2.38. The molecule has 1 N–H and O–H groups in total. The second-order valence-corrected chi connectivity index (χ2v) is 11.5. The number of benzene rings is 1. The molecule has 2 fully saturated rings. The summed E-state index contributed by atoms with van der Waals surface area (Å²) >= 11 is 0. The number of likely N-dealkylation sites (tertiary alicyclic amines) is 1. The summed E-state index contributed by atoms with van der Waals surface area (Å²) < 4.78 is 6.99. The molecule has 4 aliphatic rings. The Bertz CT molecular complexity index is 1210. The molecule has 1 aromatic rings. The highest BCUT2D eigenvalue weighted by molar-refractivity contribution is 6.06. The van der Waals surface area contributed by atoms with Gasteiger partial charge in [0.05, 0.1) is 17.4 Å². The lowest BCUT2D eigenvalue weighted by atomic mass is 9.73. The van der Waals surface area contributed by atoms with E-state index in [-0.39, 0.29) is 30.9 Å². The average Bonchev–Trinajstić information content (AvgIpc) is 3.27. The van der Waals surface area contributed by atoms with Crippen LogP contribution in [-0.2, 0) is 19.1 Å². The van der Waals surface area contributed by atoms with Gasteiger partial charge in [0.25, 0.3) is 5.91 Å². The molecule has 0 aromatic heterocycles. The Morgan fingerprint density at radius 1 is 0.902 bits per heavy atom. The Balaban J connectivity index is 1.58. The van der Waals surface area contributed by atoms with Crippen molar-refractivity contribution in [2.45, 2.75) is 64.2 Å². The molecule has 0 bridgehead atoms. The van der Waals surface area contributed by atoms with Crippen LogP contribution in [0.2, 0.25) is 0 Å². The molecule has 1 spiro atoms. The quantitative estimate of drug-likeness (QED) is 0.440. The van der Waals surface area contributed by atoms with Gasteiger partial charge in [0.1, 0.15) is 11.6 Å². The maximum atomic E-state index is 14.6. The fourth-order valence-electron chi connectivity index (χ4n) is 7.43. The summed E-state index contributed by atoms with van der Waals surface area (Å²) in [7, 11) is 0. The fourth-order valence-corrected chi connectivity index (χ4v) is 7.43. The summed E-state index contributed by atoms with van der Waals surface area (Å²) in [6, 6.07) is 7.00. The van der Waals surface area contributed by atoms with E-state index in [0.717, 1.165) is 30.9 Å². The molecule has 2 saturated heterocycles. The van der Waals surface area contributed by atoms with Crippen molar-refractivity contribution in [3.63, 3.8) is 0 Å². The maximum absolute atomic E-state index is 14.6. The lowest BCUT2D eigenvalue weighted by molar-refractivity contribution is -0.150. The molecule has 4 aliphatic heterocycles. The van der Waals surface area contributed by atoms with Gasteiger partial charge in [-0.25, -0.2) is 0 Å². The Hall–Kier alpha value is -3.17. The molecule has 1 aromatic carbocycles. The number of aliphatic hydroxyl groups excluding tert-OH is 1. The zero-order valence-corrected chi connectivity index (χ0v) is 24.8. The topological polar surface area (TPSA) is 93.6 Å². The van der Waals surface area contributed by atoms with Crippen LogP contribution in [0, 0.1) is 11.8 Å². The minimum atomic E-state index is -1.28. The molecule has 5 rings (SSSR count). The average molecular weight is 565 g/mol. The second-order valence-electron chi connectivity index (χ2n) is 11.5. The lowest BCUT2D eigenvalue weighted by Crippen LogP contribution is -2.56. The molecular formula is C32H44N4O5. The largest absolute Gasteiger partial charge is 0.396 e. The summed E-state index contributed by atoms with van der Waals surface area (Å²) in [6.07, 6.45) is 9.39. The van der Waals surface area contributed by atoms with E-state index in [1.165, 1.54) is 0 Å². The highest BCUT2D eigenvalue weighted by Gasteiger charge is 2.75. The van der Waals surface area contributed by atoms with Crippen molar-refractivity contribution >= 4 is 29.1 Å². The van der Waals surface area contributed by atoms with Crippen molar-refractivity contribution in [2.24, 2.45) is 11.8 Å². The number of aliphatic hydroxyl groups is 1. The van der Waals surface area contributed by atoms with Crippen LogP contribution >= 0.6 is 0 Å². The number of carbonyl (C=O) groups is 3. The molecule has 1 unspecified atom stereocenters. The van der Waals surface area contributed by atoms with Crippen LogP contribution in [0.15, 0.2) is 48.6 Å². The second kappa shape index (κ2) is 11.6. The number of fused-ring (bicyclic) bond motifs is 2. The van der Waals surface area contributed by atoms with Gasteiger partial charge in [-0.05, 0) is 57.4 Å². The highest BCUT2D eigenvalue weighted by Crippen LogP contribution is 2.58. The smallest absolute Gasteiger partial charge is 0.253 e. The highest BCUT2D eigenvalue weighted by atomic mass is 16.5. The molecule has 3 amide bonds. The molecule has 222 valence electrons. The zero-order chi connectivity index (χ0) is 29.4. The number of ether oxygens (including phenoxy) is 1. The van der Waals surface area contributed by atoms with E-state index in [2.05, 4.69) is 18.7 Å². The number of nitrogens with zero attached hydrogens (tertiary/aromatic N) is 4. The van der Waals surface area contributed by atoms with E-state index in [4.69, 9.17) is 4.74 Å². The Morgan fingerprint density at radius 2 is 1.61 bits per heavy atom. The molecule has 5 atom stereocenters. The van der Waals surface area contributed by atoms with Crippen molar-refractivity contribution in [3.8, 4) is 0 Å². The van der Waals surface area contributed by atoms with Gasteiger partial charge in [-0.3, -0.25) is 14.4 Å².